The van der Waals surface area contributed by atoms with Crippen molar-refractivity contribution in [3.05, 3.63) is 36.0 Å². The van der Waals surface area contributed by atoms with Crippen LogP contribution in [0.3, 0.4) is 0 Å². The number of hydrogen-bond acceptors (Lipinski definition) is 2. The summed E-state index contributed by atoms with van der Waals surface area (Å²) in [6.07, 6.45) is 4.08. The Labute approximate surface area is 112 Å². The number of amides is 1. The number of carbonyl (C=O) groups excluding carboxylic acids is 1. The van der Waals surface area contributed by atoms with E-state index in [-0.39, 0.29) is 5.91 Å². The van der Waals surface area contributed by atoms with Gasteiger partial charge in [0.2, 0.25) is 0 Å². The van der Waals surface area contributed by atoms with Gasteiger partial charge in [0.1, 0.15) is 0 Å². The molecule has 1 saturated heterocycles. The number of fused-ring (bicyclic) bond motifs is 1. The maximum Gasteiger partial charge on any atom is 0.253 e. The topological polar surface area (TPSA) is 54.1 Å². The third-order valence-electron chi connectivity index (χ3n) is 3.64. The number of aromatic nitrogens is 1. The van der Waals surface area contributed by atoms with Crippen LogP contribution in [0.2, 0.25) is 0 Å². The molecule has 2 heterocycles. The average molecular weight is 258 g/mol. The average Bonchev–Trinajstić information content (AvgIpc) is 2.94. The molecule has 1 aromatic heterocycles. The number of nitrogens with one attached hydrogen (secondary N) is 2. The molecule has 1 aromatic carbocycles. The lowest BCUT2D eigenvalue weighted by atomic mass is 10.0. The molecule has 3 rings (SSSR count). The van der Waals surface area contributed by atoms with Crippen molar-refractivity contribution >= 4 is 16.8 Å². The first-order valence-corrected chi connectivity index (χ1v) is 6.76. The molecule has 19 heavy (non-hydrogen) atoms. The number of hydrogen-bond donors (Lipinski definition) is 2. The van der Waals surface area contributed by atoms with Gasteiger partial charge in [-0.3, -0.25) is 4.79 Å². The number of H-pyrrole nitrogens is 1. The molecule has 2 aromatic rings. The summed E-state index contributed by atoms with van der Waals surface area (Å²) in [7, 11) is 0. The van der Waals surface area contributed by atoms with Crippen LogP contribution in [0.5, 0.6) is 0 Å². The monoisotopic (exact) mass is 258 g/mol. The number of ether oxygens (including phenoxy) is 1. The fraction of sp³-hybridized carbons (Fsp3) is 0.400. The molecule has 0 bridgehead atoms. The molecule has 0 aliphatic carbocycles. The Hall–Kier alpha value is -1.81. The van der Waals surface area contributed by atoms with Gasteiger partial charge in [-0.05, 0) is 30.9 Å². The molecule has 4 heteroatoms. The zero-order valence-electron chi connectivity index (χ0n) is 10.8. The smallest absolute Gasteiger partial charge is 0.253 e. The van der Waals surface area contributed by atoms with E-state index in [1.165, 1.54) is 0 Å². The summed E-state index contributed by atoms with van der Waals surface area (Å²) in [4.78, 5) is 15.3. The third-order valence-corrected chi connectivity index (χ3v) is 3.64. The highest BCUT2D eigenvalue weighted by Gasteiger charge is 2.16. The second-order valence-electron chi connectivity index (χ2n) is 5.04. The fourth-order valence-electron chi connectivity index (χ4n) is 2.57. The van der Waals surface area contributed by atoms with Crippen molar-refractivity contribution in [2.45, 2.75) is 12.8 Å². The summed E-state index contributed by atoms with van der Waals surface area (Å²) in [5.41, 5.74) is 1.61. The SMILES string of the molecule is O=C(NCC1CCCOC1)c1cccc2cc[nH]c12. The van der Waals surface area contributed by atoms with Gasteiger partial charge in [0.25, 0.3) is 5.91 Å². The van der Waals surface area contributed by atoms with Crippen LogP contribution in [0.15, 0.2) is 30.5 Å². The molecule has 0 saturated carbocycles. The Bertz CT molecular complexity index is 570. The van der Waals surface area contributed by atoms with Gasteiger partial charge in [-0.2, -0.15) is 0 Å². The normalized spacial score (nSPS) is 19.5. The van der Waals surface area contributed by atoms with Gasteiger partial charge in [0.05, 0.1) is 17.7 Å². The quantitative estimate of drug-likeness (QED) is 0.887. The summed E-state index contributed by atoms with van der Waals surface area (Å²) in [6, 6.07) is 7.74. The van der Waals surface area contributed by atoms with Crippen LogP contribution in [0.25, 0.3) is 10.9 Å². The largest absolute Gasteiger partial charge is 0.381 e. The maximum absolute atomic E-state index is 12.2. The molecule has 1 amide bonds. The van der Waals surface area contributed by atoms with Crippen LogP contribution >= 0.6 is 0 Å². The first-order valence-electron chi connectivity index (χ1n) is 6.76. The fourth-order valence-corrected chi connectivity index (χ4v) is 2.57. The van der Waals surface area contributed by atoms with E-state index in [1.54, 1.807) is 0 Å². The van der Waals surface area contributed by atoms with Crippen molar-refractivity contribution in [1.29, 1.82) is 0 Å². The minimum absolute atomic E-state index is 0.0152. The second kappa shape index (κ2) is 5.45. The van der Waals surface area contributed by atoms with Crippen molar-refractivity contribution < 1.29 is 9.53 Å². The van der Waals surface area contributed by atoms with Gasteiger partial charge < -0.3 is 15.0 Å². The molecular formula is C15H18N2O2. The minimum Gasteiger partial charge on any atom is -0.381 e. The molecule has 1 aliphatic rings. The van der Waals surface area contributed by atoms with Crippen LogP contribution in [-0.2, 0) is 4.74 Å². The number of para-hydroxylation sites is 1. The Morgan fingerprint density at radius 1 is 1.42 bits per heavy atom. The number of rotatable bonds is 3. The standard InChI is InChI=1S/C15H18N2O2/c18-15(17-9-11-3-2-8-19-10-11)13-5-1-4-12-6-7-16-14(12)13/h1,4-7,11,16H,2-3,8-10H2,(H,17,18). The molecular weight excluding hydrogens is 240 g/mol. The lowest BCUT2D eigenvalue weighted by Crippen LogP contribution is -2.33. The molecule has 0 radical (unpaired) electrons. The number of carbonyl (C=O) groups is 1. The van der Waals surface area contributed by atoms with Crippen LogP contribution < -0.4 is 5.32 Å². The van der Waals surface area contributed by atoms with E-state index in [9.17, 15) is 4.79 Å². The van der Waals surface area contributed by atoms with E-state index >= 15 is 0 Å². The first kappa shape index (κ1) is 12.2. The molecule has 1 aliphatic heterocycles. The lowest BCUT2D eigenvalue weighted by molar-refractivity contribution is 0.0536. The molecule has 1 fully saturated rings. The molecule has 2 N–H and O–H groups in total. The van der Waals surface area contributed by atoms with Crippen LogP contribution in [0.4, 0.5) is 0 Å². The highest BCUT2D eigenvalue weighted by Crippen LogP contribution is 2.17. The van der Waals surface area contributed by atoms with Gasteiger partial charge in [-0.1, -0.05) is 12.1 Å². The van der Waals surface area contributed by atoms with Gasteiger partial charge in [0, 0.05) is 24.7 Å². The maximum atomic E-state index is 12.2. The lowest BCUT2D eigenvalue weighted by Gasteiger charge is -2.22. The number of benzene rings is 1. The molecule has 1 atom stereocenters. The van der Waals surface area contributed by atoms with Gasteiger partial charge in [0.15, 0.2) is 0 Å². The highest BCUT2D eigenvalue weighted by molar-refractivity contribution is 6.05. The Morgan fingerprint density at radius 2 is 2.37 bits per heavy atom. The Kier molecular flexibility index (Phi) is 3.51. The Balaban J connectivity index is 1.68. The summed E-state index contributed by atoms with van der Waals surface area (Å²) in [6.45, 7) is 2.30. The van der Waals surface area contributed by atoms with E-state index in [1.807, 2.05) is 30.5 Å². The van der Waals surface area contributed by atoms with Crippen molar-refractivity contribution in [3.8, 4) is 0 Å². The van der Waals surface area contributed by atoms with Crippen molar-refractivity contribution in [2.75, 3.05) is 19.8 Å². The van der Waals surface area contributed by atoms with Crippen molar-refractivity contribution in [2.24, 2.45) is 5.92 Å². The van der Waals surface area contributed by atoms with Crippen LogP contribution in [0.1, 0.15) is 23.2 Å². The summed E-state index contributed by atoms with van der Waals surface area (Å²) in [5.74, 6) is 0.430. The van der Waals surface area contributed by atoms with E-state index in [0.717, 1.165) is 37.0 Å². The summed E-state index contributed by atoms with van der Waals surface area (Å²) in [5, 5.41) is 4.08. The van der Waals surface area contributed by atoms with Crippen LogP contribution in [0, 0.1) is 5.92 Å². The van der Waals surface area contributed by atoms with Crippen molar-refractivity contribution in [1.82, 2.24) is 10.3 Å². The van der Waals surface area contributed by atoms with E-state index in [4.69, 9.17) is 4.74 Å². The number of aromatic amines is 1. The molecule has 1 unspecified atom stereocenters. The van der Waals surface area contributed by atoms with E-state index in [2.05, 4.69) is 10.3 Å². The summed E-state index contributed by atoms with van der Waals surface area (Å²) >= 11 is 0. The zero-order chi connectivity index (χ0) is 13.1. The Morgan fingerprint density at radius 3 is 3.21 bits per heavy atom. The zero-order valence-corrected chi connectivity index (χ0v) is 10.8. The third kappa shape index (κ3) is 2.63. The first-order chi connectivity index (χ1) is 9.34. The minimum atomic E-state index is -0.0152. The van der Waals surface area contributed by atoms with Gasteiger partial charge in [-0.25, -0.2) is 0 Å². The molecule has 100 valence electrons. The van der Waals surface area contributed by atoms with Crippen LogP contribution in [-0.4, -0.2) is 30.6 Å². The van der Waals surface area contributed by atoms with Gasteiger partial charge >= 0.3 is 0 Å². The van der Waals surface area contributed by atoms with E-state index < -0.39 is 0 Å². The van der Waals surface area contributed by atoms with Crippen molar-refractivity contribution in [3.63, 3.8) is 0 Å². The predicted octanol–water partition coefficient (Wildman–Crippen LogP) is 2.32. The van der Waals surface area contributed by atoms with Gasteiger partial charge in [-0.15, -0.1) is 0 Å². The molecule has 4 nitrogen and oxygen atoms in total. The second-order valence-corrected chi connectivity index (χ2v) is 5.04. The molecule has 0 spiro atoms. The summed E-state index contributed by atoms with van der Waals surface area (Å²) < 4.78 is 5.42. The highest BCUT2D eigenvalue weighted by atomic mass is 16.5. The van der Waals surface area contributed by atoms with E-state index in [0.29, 0.717) is 18.0 Å². The predicted molar refractivity (Wildman–Crippen MR) is 74.2 cm³/mol.